The van der Waals surface area contributed by atoms with Crippen LogP contribution in [0.5, 0.6) is 0 Å². The van der Waals surface area contributed by atoms with E-state index in [-0.39, 0.29) is 30.4 Å². The van der Waals surface area contributed by atoms with Crippen LogP contribution in [0, 0.1) is 0 Å². The highest BCUT2D eigenvalue weighted by Crippen LogP contribution is 2.30. The van der Waals surface area contributed by atoms with E-state index in [0.717, 1.165) is 24.8 Å². The Morgan fingerprint density at radius 3 is 2.72 bits per heavy atom. The molecule has 2 aliphatic rings. The normalized spacial score (nSPS) is 22.9. The average molecular weight is 362 g/mol. The molecule has 1 amide bonds. The number of amides is 1. The van der Waals surface area contributed by atoms with Crippen LogP contribution >= 0.6 is 12.4 Å². The van der Waals surface area contributed by atoms with Gasteiger partial charge in [-0.2, -0.15) is 0 Å². The van der Waals surface area contributed by atoms with Gasteiger partial charge < -0.3 is 11.1 Å². The first-order valence-electron chi connectivity index (χ1n) is 8.78. The van der Waals surface area contributed by atoms with E-state index < -0.39 is 0 Å². The van der Waals surface area contributed by atoms with Gasteiger partial charge in [-0.1, -0.05) is 48.7 Å². The minimum atomic E-state index is -0.190. The van der Waals surface area contributed by atoms with Gasteiger partial charge in [-0.25, -0.2) is 4.68 Å². The summed E-state index contributed by atoms with van der Waals surface area (Å²) in [5.74, 6) is -0.190. The van der Waals surface area contributed by atoms with Crippen molar-refractivity contribution in [1.82, 2.24) is 20.3 Å². The number of aromatic nitrogens is 3. The van der Waals surface area contributed by atoms with E-state index in [0.29, 0.717) is 11.7 Å². The van der Waals surface area contributed by atoms with Crippen LogP contribution in [0.4, 0.5) is 0 Å². The van der Waals surface area contributed by atoms with Crippen molar-refractivity contribution in [2.75, 3.05) is 0 Å². The topological polar surface area (TPSA) is 85.8 Å². The number of carbonyl (C=O) groups excluding carboxylic acids is 1. The summed E-state index contributed by atoms with van der Waals surface area (Å²) < 4.78 is 1.86. The van der Waals surface area contributed by atoms with Crippen LogP contribution in [0.2, 0.25) is 0 Å². The van der Waals surface area contributed by atoms with Gasteiger partial charge >= 0.3 is 0 Å². The zero-order chi connectivity index (χ0) is 16.5. The van der Waals surface area contributed by atoms with Crippen LogP contribution in [0.1, 0.15) is 65.8 Å². The molecule has 2 aliphatic carbocycles. The molecule has 1 saturated carbocycles. The van der Waals surface area contributed by atoms with E-state index in [4.69, 9.17) is 5.73 Å². The Bertz CT molecular complexity index is 741. The molecule has 25 heavy (non-hydrogen) atoms. The number of nitrogens with zero attached hydrogens (tertiary/aromatic N) is 3. The number of nitrogens with two attached hydrogens (primary N) is 1. The summed E-state index contributed by atoms with van der Waals surface area (Å²) in [6.45, 7) is 0. The molecule has 134 valence electrons. The maximum absolute atomic E-state index is 12.5. The molecule has 6 nitrogen and oxygen atoms in total. The number of hydrogen-bond donors (Lipinski definition) is 2. The highest BCUT2D eigenvalue weighted by atomic mass is 35.5. The molecule has 7 heteroatoms. The molecule has 0 bridgehead atoms. The molecule has 4 rings (SSSR count). The van der Waals surface area contributed by atoms with Crippen LogP contribution in [0.25, 0.3) is 0 Å². The number of benzene rings is 1. The number of hydrogen-bond acceptors (Lipinski definition) is 4. The van der Waals surface area contributed by atoms with Gasteiger partial charge in [0, 0.05) is 0 Å². The highest BCUT2D eigenvalue weighted by molar-refractivity contribution is 5.92. The Morgan fingerprint density at radius 2 is 1.96 bits per heavy atom. The zero-order valence-corrected chi connectivity index (χ0v) is 14.9. The number of carbonyl (C=O) groups is 1. The Hall–Kier alpha value is -1.92. The van der Waals surface area contributed by atoms with Crippen molar-refractivity contribution in [3.8, 4) is 0 Å². The van der Waals surface area contributed by atoms with E-state index in [1.807, 2.05) is 22.9 Å². The first-order chi connectivity index (χ1) is 11.7. The van der Waals surface area contributed by atoms with E-state index >= 15 is 0 Å². The number of rotatable bonds is 3. The zero-order valence-electron chi connectivity index (χ0n) is 14.1. The third-order valence-electron chi connectivity index (χ3n) is 5.30. The molecule has 1 aromatic heterocycles. The minimum absolute atomic E-state index is 0. The third-order valence-corrected chi connectivity index (χ3v) is 5.30. The molecule has 1 heterocycles. The SMILES string of the molecule is Cl.N[C@@H]1c2ccccc2C[C@H]1NC(=O)c1cn(C2CCCCC2)nn1. The fraction of sp³-hybridized carbons (Fsp3) is 0.500. The molecule has 2 atom stereocenters. The van der Waals surface area contributed by atoms with Crippen molar-refractivity contribution in [1.29, 1.82) is 0 Å². The first kappa shape index (κ1) is 17.9. The number of halogens is 1. The lowest BCUT2D eigenvalue weighted by Crippen LogP contribution is -2.40. The molecular weight excluding hydrogens is 338 g/mol. The van der Waals surface area contributed by atoms with Crippen LogP contribution in [-0.2, 0) is 6.42 Å². The van der Waals surface area contributed by atoms with Crippen molar-refractivity contribution in [3.05, 3.63) is 47.3 Å². The molecule has 1 fully saturated rings. The first-order valence-corrected chi connectivity index (χ1v) is 8.78. The molecule has 0 aliphatic heterocycles. The fourth-order valence-corrected chi connectivity index (χ4v) is 3.91. The summed E-state index contributed by atoms with van der Waals surface area (Å²) in [5, 5.41) is 11.3. The van der Waals surface area contributed by atoms with Crippen LogP contribution < -0.4 is 11.1 Å². The summed E-state index contributed by atoms with van der Waals surface area (Å²) in [4.78, 5) is 12.5. The van der Waals surface area contributed by atoms with Crippen LogP contribution in [-0.4, -0.2) is 26.9 Å². The summed E-state index contributed by atoms with van der Waals surface area (Å²) in [6.07, 6.45) is 8.51. The Balaban J connectivity index is 0.00000182. The van der Waals surface area contributed by atoms with E-state index in [9.17, 15) is 4.79 Å². The lowest BCUT2D eigenvalue weighted by molar-refractivity contribution is 0.0928. The van der Waals surface area contributed by atoms with E-state index in [1.165, 1.54) is 24.8 Å². The lowest BCUT2D eigenvalue weighted by Gasteiger charge is -2.21. The fourth-order valence-electron chi connectivity index (χ4n) is 3.91. The van der Waals surface area contributed by atoms with Crippen molar-refractivity contribution in [2.24, 2.45) is 5.73 Å². The second kappa shape index (κ2) is 7.54. The van der Waals surface area contributed by atoms with E-state index in [2.05, 4.69) is 21.7 Å². The monoisotopic (exact) mass is 361 g/mol. The summed E-state index contributed by atoms with van der Waals surface area (Å²) in [5.41, 5.74) is 8.99. The molecule has 0 unspecified atom stereocenters. The maximum atomic E-state index is 12.5. The summed E-state index contributed by atoms with van der Waals surface area (Å²) in [6, 6.07) is 8.22. The van der Waals surface area contributed by atoms with Crippen molar-refractivity contribution >= 4 is 18.3 Å². The van der Waals surface area contributed by atoms with Gasteiger partial charge in [0.2, 0.25) is 0 Å². The van der Waals surface area contributed by atoms with Gasteiger partial charge in [0.05, 0.1) is 24.3 Å². The van der Waals surface area contributed by atoms with E-state index in [1.54, 1.807) is 6.20 Å². The lowest BCUT2D eigenvalue weighted by atomic mass is 9.96. The van der Waals surface area contributed by atoms with Crippen LogP contribution in [0.3, 0.4) is 0 Å². The Morgan fingerprint density at radius 1 is 1.20 bits per heavy atom. The molecular formula is C18H24ClN5O. The number of nitrogens with one attached hydrogen (secondary N) is 1. The third kappa shape index (κ3) is 3.55. The summed E-state index contributed by atoms with van der Waals surface area (Å²) >= 11 is 0. The quantitative estimate of drug-likeness (QED) is 0.879. The largest absolute Gasteiger partial charge is 0.346 e. The van der Waals surface area contributed by atoms with Crippen molar-refractivity contribution in [3.63, 3.8) is 0 Å². The van der Waals surface area contributed by atoms with Gasteiger partial charge in [-0.05, 0) is 30.4 Å². The second-order valence-electron chi connectivity index (χ2n) is 6.88. The van der Waals surface area contributed by atoms with Gasteiger partial charge in [-0.3, -0.25) is 4.79 Å². The Kier molecular flexibility index (Phi) is 5.39. The molecule has 0 saturated heterocycles. The van der Waals surface area contributed by atoms with Gasteiger partial charge in [0.1, 0.15) is 0 Å². The average Bonchev–Trinajstić information content (AvgIpc) is 3.22. The maximum Gasteiger partial charge on any atom is 0.273 e. The van der Waals surface area contributed by atoms with Crippen LogP contribution in [0.15, 0.2) is 30.5 Å². The summed E-state index contributed by atoms with van der Waals surface area (Å²) in [7, 11) is 0. The molecule has 3 N–H and O–H groups in total. The highest BCUT2D eigenvalue weighted by Gasteiger charge is 2.31. The van der Waals surface area contributed by atoms with Gasteiger partial charge in [0.25, 0.3) is 5.91 Å². The van der Waals surface area contributed by atoms with Gasteiger partial charge in [0.15, 0.2) is 5.69 Å². The molecule has 0 spiro atoms. The standard InChI is InChI=1S/C18H23N5O.ClH/c19-17-14-9-5-4-6-12(14)10-15(17)20-18(24)16-11-23(22-21-16)13-7-2-1-3-8-13;/h4-6,9,11,13,15,17H,1-3,7-8,10,19H2,(H,20,24);1H/t15-,17-;/m1./s1. The smallest absolute Gasteiger partial charge is 0.273 e. The van der Waals surface area contributed by atoms with Crippen molar-refractivity contribution < 1.29 is 4.79 Å². The van der Waals surface area contributed by atoms with Gasteiger partial charge in [-0.15, -0.1) is 17.5 Å². The predicted molar refractivity (Wildman–Crippen MR) is 97.7 cm³/mol. The molecule has 2 aromatic rings. The van der Waals surface area contributed by atoms with Crippen molar-refractivity contribution in [2.45, 2.75) is 56.7 Å². The molecule has 1 aromatic carbocycles. The Labute approximate surface area is 153 Å². The number of fused-ring (bicyclic) bond motifs is 1. The predicted octanol–water partition coefficient (Wildman–Crippen LogP) is 2.56. The second-order valence-corrected chi connectivity index (χ2v) is 6.88. The minimum Gasteiger partial charge on any atom is -0.346 e. The molecule has 0 radical (unpaired) electrons.